The fourth-order valence-electron chi connectivity index (χ4n) is 4.60. The van der Waals surface area contributed by atoms with Gasteiger partial charge in [-0.25, -0.2) is 8.42 Å². The Morgan fingerprint density at radius 2 is 1.71 bits per heavy atom. The maximum Gasteiger partial charge on any atom is 0.244 e. The molecule has 0 spiro atoms. The van der Waals surface area contributed by atoms with E-state index in [9.17, 15) is 18.0 Å². The van der Waals surface area contributed by atoms with Crippen molar-refractivity contribution in [1.82, 2.24) is 10.2 Å². The van der Waals surface area contributed by atoms with Crippen LogP contribution in [0.3, 0.4) is 0 Å². The minimum atomic E-state index is -3.73. The molecule has 0 radical (unpaired) electrons. The molecule has 0 aliphatic heterocycles. The molecule has 1 saturated carbocycles. The number of anilines is 1. The summed E-state index contributed by atoms with van der Waals surface area (Å²) < 4.78 is 26.5. The van der Waals surface area contributed by atoms with Crippen LogP contribution < -0.4 is 9.62 Å². The fraction of sp³-hybridized carbons (Fsp3) is 0.481. The van der Waals surface area contributed by atoms with E-state index in [0.29, 0.717) is 5.69 Å². The summed E-state index contributed by atoms with van der Waals surface area (Å²) in [5.74, 6) is -0.633. The van der Waals surface area contributed by atoms with Gasteiger partial charge in [0.05, 0.1) is 11.9 Å². The van der Waals surface area contributed by atoms with Gasteiger partial charge in [-0.1, -0.05) is 67.3 Å². The van der Waals surface area contributed by atoms with Gasteiger partial charge in [0.15, 0.2) is 0 Å². The number of nitrogens with zero attached hydrogens (tertiary/aromatic N) is 2. The number of nitrogens with one attached hydrogen (secondary N) is 1. The van der Waals surface area contributed by atoms with Crippen LogP contribution in [0.25, 0.3) is 0 Å². The smallest absolute Gasteiger partial charge is 0.244 e. The summed E-state index contributed by atoms with van der Waals surface area (Å²) in [6.07, 6.45) is 6.34. The summed E-state index contributed by atoms with van der Waals surface area (Å²) >= 11 is 0. The number of hydrogen-bond acceptors (Lipinski definition) is 4. The molecule has 2 aromatic carbocycles. The van der Waals surface area contributed by atoms with Crippen molar-refractivity contribution in [2.75, 3.05) is 17.1 Å². The quantitative estimate of drug-likeness (QED) is 0.566. The van der Waals surface area contributed by atoms with Crippen LogP contribution >= 0.6 is 0 Å². The standard InChI is InChI=1S/C27H37N3O4S/c1-20-11-10-13-23(17-20)18-29(22(3)27(32)28-24-14-6-5-7-15-24)26(31)19-30(35(4,33)34)25-16-9-8-12-21(25)2/h8-13,16-17,22,24H,5-7,14-15,18-19H2,1-4H3,(H,28,32)/t22-/m0/s1. The maximum atomic E-state index is 13.7. The Bertz CT molecular complexity index is 1140. The second kappa shape index (κ2) is 11.7. The highest BCUT2D eigenvalue weighted by atomic mass is 32.2. The van der Waals surface area contributed by atoms with Crippen LogP contribution in [-0.2, 0) is 26.2 Å². The van der Waals surface area contributed by atoms with Crippen LogP contribution in [-0.4, -0.2) is 50.0 Å². The van der Waals surface area contributed by atoms with Gasteiger partial charge in [0.1, 0.15) is 12.6 Å². The molecular formula is C27H37N3O4S. The van der Waals surface area contributed by atoms with Gasteiger partial charge >= 0.3 is 0 Å². The molecule has 1 atom stereocenters. The Balaban J connectivity index is 1.88. The summed E-state index contributed by atoms with van der Waals surface area (Å²) in [6, 6.07) is 14.2. The number of rotatable bonds is 9. The van der Waals surface area contributed by atoms with E-state index in [1.54, 1.807) is 19.1 Å². The summed E-state index contributed by atoms with van der Waals surface area (Å²) in [6.45, 7) is 5.33. The third kappa shape index (κ3) is 7.31. The van der Waals surface area contributed by atoms with Gasteiger partial charge in [-0.15, -0.1) is 0 Å². The summed E-state index contributed by atoms with van der Waals surface area (Å²) in [7, 11) is -3.73. The average Bonchev–Trinajstić information content (AvgIpc) is 2.81. The first-order chi connectivity index (χ1) is 16.6. The third-order valence-electron chi connectivity index (χ3n) is 6.62. The van der Waals surface area contributed by atoms with Crippen LogP contribution in [0.2, 0.25) is 0 Å². The number of para-hydroxylation sites is 1. The van der Waals surface area contributed by atoms with Gasteiger partial charge in [-0.3, -0.25) is 13.9 Å². The molecule has 1 aliphatic carbocycles. The van der Waals surface area contributed by atoms with Crippen molar-refractivity contribution in [3.05, 3.63) is 65.2 Å². The highest BCUT2D eigenvalue weighted by Gasteiger charge is 2.31. The first-order valence-corrected chi connectivity index (χ1v) is 14.1. The number of benzene rings is 2. The van der Waals surface area contributed by atoms with Gasteiger partial charge in [-0.05, 0) is 50.8 Å². The van der Waals surface area contributed by atoms with Crippen LogP contribution in [0, 0.1) is 13.8 Å². The Kier molecular flexibility index (Phi) is 8.94. The van der Waals surface area contributed by atoms with Crippen molar-refractivity contribution in [2.45, 2.75) is 71.5 Å². The SMILES string of the molecule is Cc1cccc(CN(C(=O)CN(c2ccccc2C)S(C)(=O)=O)[C@@H](C)C(=O)NC2CCCCC2)c1. The lowest BCUT2D eigenvalue weighted by Crippen LogP contribution is -2.53. The van der Waals surface area contributed by atoms with Gasteiger partial charge < -0.3 is 10.2 Å². The molecule has 8 heteroatoms. The molecule has 7 nitrogen and oxygen atoms in total. The molecule has 35 heavy (non-hydrogen) atoms. The Hall–Kier alpha value is -2.87. The molecule has 1 N–H and O–H groups in total. The minimum Gasteiger partial charge on any atom is -0.352 e. The largest absolute Gasteiger partial charge is 0.352 e. The monoisotopic (exact) mass is 499 g/mol. The predicted octanol–water partition coefficient (Wildman–Crippen LogP) is 3.94. The Morgan fingerprint density at radius 1 is 1.03 bits per heavy atom. The lowest BCUT2D eigenvalue weighted by Gasteiger charge is -2.33. The average molecular weight is 500 g/mol. The highest BCUT2D eigenvalue weighted by molar-refractivity contribution is 7.92. The molecule has 0 unspecified atom stereocenters. The van der Waals surface area contributed by atoms with Crippen LogP contribution in [0.1, 0.15) is 55.7 Å². The number of aryl methyl sites for hydroxylation is 2. The molecule has 0 bridgehead atoms. The lowest BCUT2D eigenvalue weighted by atomic mass is 9.95. The first-order valence-electron chi connectivity index (χ1n) is 12.2. The molecule has 3 rings (SSSR count). The first kappa shape index (κ1) is 26.7. The second-order valence-corrected chi connectivity index (χ2v) is 11.5. The van der Waals surface area contributed by atoms with Crippen LogP contribution in [0.5, 0.6) is 0 Å². The molecule has 0 saturated heterocycles. The van der Waals surface area contributed by atoms with E-state index in [1.807, 2.05) is 50.2 Å². The van der Waals surface area contributed by atoms with Crippen molar-refractivity contribution in [1.29, 1.82) is 0 Å². The number of carbonyl (C=O) groups is 2. The summed E-state index contributed by atoms with van der Waals surface area (Å²) in [5, 5.41) is 3.11. The van der Waals surface area contributed by atoms with Crippen molar-refractivity contribution in [3.63, 3.8) is 0 Å². The number of amides is 2. The number of sulfonamides is 1. The van der Waals surface area contributed by atoms with E-state index in [1.165, 1.54) is 11.3 Å². The van der Waals surface area contributed by atoms with Crippen molar-refractivity contribution in [2.24, 2.45) is 0 Å². The molecule has 190 valence electrons. The molecule has 2 aromatic rings. The van der Waals surface area contributed by atoms with Gasteiger partial charge in [0.2, 0.25) is 21.8 Å². The van der Waals surface area contributed by atoms with E-state index in [0.717, 1.165) is 52.9 Å². The van der Waals surface area contributed by atoms with Gasteiger partial charge in [0.25, 0.3) is 0 Å². The van der Waals surface area contributed by atoms with E-state index >= 15 is 0 Å². The molecule has 1 aliphatic rings. The van der Waals surface area contributed by atoms with E-state index in [4.69, 9.17) is 0 Å². The normalized spacial score (nSPS) is 15.3. The van der Waals surface area contributed by atoms with Gasteiger partial charge in [-0.2, -0.15) is 0 Å². The molecule has 0 aromatic heterocycles. The fourth-order valence-corrected chi connectivity index (χ4v) is 5.50. The Morgan fingerprint density at radius 3 is 2.34 bits per heavy atom. The summed E-state index contributed by atoms with van der Waals surface area (Å²) in [4.78, 5) is 28.3. The zero-order valence-electron chi connectivity index (χ0n) is 21.2. The van der Waals surface area contributed by atoms with E-state index in [2.05, 4.69) is 5.32 Å². The zero-order chi connectivity index (χ0) is 25.6. The second-order valence-electron chi connectivity index (χ2n) is 9.59. The molecule has 1 fully saturated rings. The Labute approximate surface area is 209 Å². The van der Waals surface area contributed by atoms with Crippen molar-refractivity contribution >= 4 is 27.5 Å². The topological polar surface area (TPSA) is 86.8 Å². The number of carbonyl (C=O) groups excluding carboxylic acids is 2. The lowest BCUT2D eigenvalue weighted by molar-refractivity contribution is -0.139. The number of hydrogen-bond donors (Lipinski definition) is 1. The third-order valence-corrected chi connectivity index (χ3v) is 7.74. The van der Waals surface area contributed by atoms with E-state index < -0.39 is 22.0 Å². The predicted molar refractivity (Wildman–Crippen MR) is 140 cm³/mol. The highest BCUT2D eigenvalue weighted by Crippen LogP contribution is 2.23. The van der Waals surface area contributed by atoms with Crippen LogP contribution in [0.4, 0.5) is 5.69 Å². The van der Waals surface area contributed by atoms with Crippen LogP contribution in [0.15, 0.2) is 48.5 Å². The van der Waals surface area contributed by atoms with E-state index in [-0.39, 0.29) is 25.0 Å². The van der Waals surface area contributed by atoms with Crippen molar-refractivity contribution in [3.8, 4) is 0 Å². The zero-order valence-corrected chi connectivity index (χ0v) is 22.0. The van der Waals surface area contributed by atoms with Crippen molar-refractivity contribution < 1.29 is 18.0 Å². The maximum absolute atomic E-state index is 13.7. The van der Waals surface area contributed by atoms with Gasteiger partial charge in [0, 0.05) is 12.6 Å². The molecule has 0 heterocycles. The molecular weight excluding hydrogens is 462 g/mol. The summed E-state index contributed by atoms with van der Waals surface area (Å²) in [5.41, 5.74) is 3.14. The minimum absolute atomic E-state index is 0.120. The molecule has 2 amide bonds.